The van der Waals surface area contributed by atoms with Gasteiger partial charge in [0.15, 0.2) is 5.11 Å². The normalized spacial score (nSPS) is 9.92. The van der Waals surface area contributed by atoms with E-state index in [-0.39, 0.29) is 6.54 Å². The molecule has 26 heavy (non-hydrogen) atoms. The van der Waals surface area contributed by atoms with E-state index < -0.39 is 11.8 Å². The highest BCUT2D eigenvalue weighted by atomic mass is 35.5. The van der Waals surface area contributed by atoms with E-state index in [0.717, 1.165) is 5.56 Å². The van der Waals surface area contributed by atoms with Gasteiger partial charge in [-0.05, 0) is 29.9 Å². The molecule has 136 valence electrons. The number of rotatable bonds is 5. The molecule has 8 heteroatoms. The number of hydrazine groups is 1. The fraction of sp³-hybridized carbons (Fsp3) is 0.167. The van der Waals surface area contributed by atoms with Crippen molar-refractivity contribution in [3.8, 4) is 0 Å². The highest BCUT2D eigenvalue weighted by molar-refractivity contribution is 7.80. The fourth-order valence-electron chi connectivity index (χ4n) is 2.07. The molecule has 6 nitrogen and oxygen atoms in total. The lowest BCUT2D eigenvalue weighted by Gasteiger charge is -2.22. The SMILES string of the molecule is CN(NC(=O)CNC(=O)c1ccccc1Cl)C(=S)NCc1ccccc1. The second-order valence-corrected chi connectivity index (χ2v) is 6.19. The van der Waals surface area contributed by atoms with Crippen LogP contribution in [-0.2, 0) is 11.3 Å². The number of carbonyl (C=O) groups is 2. The van der Waals surface area contributed by atoms with Crippen molar-refractivity contribution in [3.05, 3.63) is 70.7 Å². The second kappa shape index (κ2) is 9.74. The van der Waals surface area contributed by atoms with Crippen LogP contribution in [0.3, 0.4) is 0 Å². The van der Waals surface area contributed by atoms with Gasteiger partial charge in [-0.15, -0.1) is 0 Å². The van der Waals surface area contributed by atoms with E-state index in [1.54, 1.807) is 31.3 Å². The van der Waals surface area contributed by atoms with E-state index in [4.69, 9.17) is 23.8 Å². The maximum atomic E-state index is 12.0. The van der Waals surface area contributed by atoms with Crippen molar-refractivity contribution in [3.63, 3.8) is 0 Å². The quantitative estimate of drug-likeness (QED) is 0.538. The van der Waals surface area contributed by atoms with Crippen LogP contribution in [0.4, 0.5) is 0 Å². The third-order valence-electron chi connectivity index (χ3n) is 3.41. The number of halogens is 1. The Bertz CT molecular complexity index is 786. The first kappa shape index (κ1) is 19.7. The summed E-state index contributed by atoms with van der Waals surface area (Å²) in [6.07, 6.45) is 0. The molecule has 0 aliphatic carbocycles. The van der Waals surface area contributed by atoms with E-state index >= 15 is 0 Å². The molecule has 0 aliphatic rings. The van der Waals surface area contributed by atoms with E-state index in [9.17, 15) is 9.59 Å². The van der Waals surface area contributed by atoms with Crippen LogP contribution < -0.4 is 16.1 Å². The molecule has 0 fully saturated rings. The van der Waals surface area contributed by atoms with Crippen molar-refractivity contribution in [1.29, 1.82) is 0 Å². The van der Waals surface area contributed by atoms with Crippen molar-refractivity contribution in [2.75, 3.05) is 13.6 Å². The predicted octanol–water partition coefficient (Wildman–Crippen LogP) is 2.11. The lowest BCUT2D eigenvalue weighted by molar-refractivity contribution is -0.122. The molecule has 0 bridgehead atoms. The van der Waals surface area contributed by atoms with Crippen LogP contribution in [-0.4, -0.2) is 35.5 Å². The molecule has 2 aromatic carbocycles. The Morgan fingerprint density at radius 3 is 2.38 bits per heavy atom. The summed E-state index contributed by atoms with van der Waals surface area (Å²) in [6, 6.07) is 16.4. The Balaban J connectivity index is 1.75. The minimum atomic E-state index is -0.418. The summed E-state index contributed by atoms with van der Waals surface area (Å²) >= 11 is 11.2. The maximum Gasteiger partial charge on any atom is 0.257 e. The van der Waals surface area contributed by atoms with Crippen LogP contribution in [0.5, 0.6) is 0 Å². The minimum Gasteiger partial charge on any atom is -0.357 e. The highest BCUT2D eigenvalue weighted by Crippen LogP contribution is 2.14. The molecule has 0 atom stereocenters. The van der Waals surface area contributed by atoms with Gasteiger partial charge in [-0.25, -0.2) is 0 Å². The number of nitrogens with zero attached hydrogens (tertiary/aromatic N) is 1. The lowest BCUT2D eigenvalue weighted by atomic mass is 10.2. The molecule has 0 spiro atoms. The zero-order valence-corrected chi connectivity index (χ0v) is 15.7. The van der Waals surface area contributed by atoms with Crippen LogP contribution >= 0.6 is 23.8 Å². The number of nitrogens with one attached hydrogen (secondary N) is 3. The van der Waals surface area contributed by atoms with Crippen LogP contribution in [0, 0.1) is 0 Å². The first-order chi connectivity index (χ1) is 12.5. The van der Waals surface area contributed by atoms with Crippen LogP contribution in [0.2, 0.25) is 5.02 Å². The standard InChI is InChI=1S/C18H19ClN4O2S/c1-23(18(26)21-11-13-7-3-2-4-8-13)22-16(24)12-20-17(25)14-9-5-6-10-15(14)19/h2-10H,11-12H2,1H3,(H,20,25)(H,21,26)(H,22,24). The largest absolute Gasteiger partial charge is 0.357 e. The van der Waals surface area contributed by atoms with Gasteiger partial charge in [0.05, 0.1) is 17.1 Å². The van der Waals surface area contributed by atoms with Gasteiger partial charge in [0.25, 0.3) is 11.8 Å². The van der Waals surface area contributed by atoms with Gasteiger partial charge in [0.2, 0.25) is 0 Å². The number of carbonyl (C=O) groups excluding carboxylic acids is 2. The Hall–Kier alpha value is -2.64. The van der Waals surface area contributed by atoms with Crippen molar-refractivity contribution in [2.45, 2.75) is 6.54 Å². The first-order valence-electron chi connectivity index (χ1n) is 7.85. The van der Waals surface area contributed by atoms with E-state index in [1.165, 1.54) is 5.01 Å². The summed E-state index contributed by atoms with van der Waals surface area (Å²) in [4.78, 5) is 24.0. The monoisotopic (exact) mass is 390 g/mol. The molecule has 0 saturated carbocycles. The Kier molecular flexibility index (Phi) is 7.37. The predicted molar refractivity (Wildman–Crippen MR) is 106 cm³/mol. The highest BCUT2D eigenvalue weighted by Gasteiger charge is 2.12. The summed E-state index contributed by atoms with van der Waals surface area (Å²) in [6.45, 7) is 0.346. The molecule has 0 aliphatic heterocycles. The van der Waals surface area contributed by atoms with E-state index in [0.29, 0.717) is 22.2 Å². The van der Waals surface area contributed by atoms with Gasteiger partial charge in [-0.3, -0.25) is 20.0 Å². The zero-order valence-electron chi connectivity index (χ0n) is 14.2. The smallest absolute Gasteiger partial charge is 0.257 e. The molecule has 0 heterocycles. The molecule has 0 radical (unpaired) electrons. The Morgan fingerprint density at radius 2 is 1.69 bits per heavy atom. The molecular formula is C18H19ClN4O2S. The molecule has 0 aromatic heterocycles. The number of hydrogen-bond acceptors (Lipinski definition) is 3. The fourth-order valence-corrected chi connectivity index (χ4v) is 2.41. The van der Waals surface area contributed by atoms with Crippen molar-refractivity contribution < 1.29 is 9.59 Å². The van der Waals surface area contributed by atoms with Crippen molar-refractivity contribution >= 4 is 40.7 Å². The van der Waals surface area contributed by atoms with Gasteiger partial charge in [0, 0.05) is 13.6 Å². The summed E-state index contributed by atoms with van der Waals surface area (Å²) < 4.78 is 0. The molecule has 2 rings (SSSR count). The molecule has 2 aromatic rings. The minimum absolute atomic E-state index is 0.199. The molecule has 0 saturated heterocycles. The zero-order chi connectivity index (χ0) is 18.9. The number of thiocarbonyl (C=S) groups is 1. The average molecular weight is 391 g/mol. The lowest BCUT2D eigenvalue weighted by Crippen LogP contribution is -2.50. The molecule has 3 N–H and O–H groups in total. The Morgan fingerprint density at radius 1 is 1.04 bits per heavy atom. The molecule has 0 unspecified atom stereocenters. The van der Waals surface area contributed by atoms with E-state index in [2.05, 4.69) is 16.1 Å². The third kappa shape index (κ3) is 6.02. The number of benzene rings is 2. The van der Waals surface area contributed by atoms with Crippen LogP contribution in [0.15, 0.2) is 54.6 Å². The van der Waals surface area contributed by atoms with Crippen LogP contribution in [0.1, 0.15) is 15.9 Å². The Labute approximate surface area is 162 Å². The summed E-state index contributed by atoms with van der Waals surface area (Å²) in [5.41, 5.74) is 3.97. The van der Waals surface area contributed by atoms with Crippen molar-refractivity contribution in [2.24, 2.45) is 0 Å². The topological polar surface area (TPSA) is 73.5 Å². The van der Waals surface area contributed by atoms with Gasteiger partial charge in [0.1, 0.15) is 0 Å². The van der Waals surface area contributed by atoms with Gasteiger partial charge >= 0.3 is 0 Å². The van der Waals surface area contributed by atoms with Gasteiger partial charge < -0.3 is 10.6 Å². The number of hydrogen-bond donors (Lipinski definition) is 3. The summed E-state index contributed by atoms with van der Waals surface area (Å²) in [7, 11) is 1.62. The maximum absolute atomic E-state index is 12.0. The molecule has 2 amide bonds. The average Bonchev–Trinajstić information content (AvgIpc) is 2.65. The van der Waals surface area contributed by atoms with Crippen LogP contribution in [0.25, 0.3) is 0 Å². The second-order valence-electron chi connectivity index (χ2n) is 5.40. The van der Waals surface area contributed by atoms with Gasteiger partial charge in [-0.2, -0.15) is 0 Å². The van der Waals surface area contributed by atoms with E-state index in [1.807, 2.05) is 30.3 Å². The van der Waals surface area contributed by atoms with Crippen molar-refractivity contribution in [1.82, 2.24) is 21.1 Å². The summed E-state index contributed by atoms with van der Waals surface area (Å²) in [5, 5.41) is 7.64. The third-order valence-corrected chi connectivity index (χ3v) is 4.16. The van der Waals surface area contributed by atoms with Gasteiger partial charge in [-0.1, -0.05) is 54.1 Å². The summed E-state index contributed by atoms with van der Waals surface area (Å²) in [5.74, 6) is -0.824. The number of amides is 2. The molecular weight excluding hydrogens is 372 g/mol. The first-order valence-corrected chi connectivity index (χ1v) is 8.63.